The summed E-state index contributed by atoms with van der Waals surface area (Å²) in [4.78, 5) is 57.4. The number of Topliss-reactive ketones (excluding diaryl/α,β-unsaturated/α-hetero) is 2. The fraction of sp³-hybridized carbons (Fsp3) is 0.0571. The Balaban J connectivity index is 0.000000171. The first-order valence-electron chi connectivity index (χ1n) is 13.3. The van der Waals surface area contributed by atoms with Gasteiger partial charge in [-0.3, -0.25) is 19.2 Å². The van der Waals surface area contributed by atoms with E-state index in [-0.39, 0.29) is 28.3 Å². The number of ketones is 2. The highest BCUT2D eigenvalue weighted by Crippen LogP contribution is 2.33. The molecule has 6 rings (SSSR count). The lowest BCUT2D eigenvalue weighted by atomic mass is 9.94. The third kappa shape index (κ3) is 5.85. The number of hydrogen-bond acceptors (Lipinski definition) is 4. The highest BCUT2D eigenvalue weighted by molar-refractivity contribution is 9.10. The van der Waals surface area contributed by atoms with Crippen LogP contribution in [0.15, 0.2) is 111 Å². The van der Waals surface area contributed by atoms with Gasteiger partial charge in [0.15, 0.2) is 17.3 Å². The zero-order valence-corrected chi connectivity index (χ0v) is 24.8. The van der Waals surface area contributed by atoms with Crippen LogP contribution in [-0.2, 0) is 0 Å². The molecule has 0 bridgehead atoms. The summed E-state index contributed by atoms with van der Waals surface area (Å²) >= 11 is 3.44. The van der Waals surface area contributed by atoms with Gasteiger partial charge in [-0.25, -0.2) is 4.85 Å². The second kappa shape index (κ2) is 12.2. The maximum Gasteiger partial charge on any atom is 0.259 e. The second-order valence-electron chi connectivity index (χ2n) is 9.78. The largest absolute Gasteiger partial charge is 0.321 e. The van der Waals surface area contributed by atoms with Crippen LogP contribution in [0.1, 0.15) is 34.6 Å². The molecule has 0 saturated heterocycles. The minimum atomic E-state index is -0.408. The first kappa shape index (κ1) is 29.1. The monoisotopic (exact) mass is 629 g/mol. The Morgan fingerprint density at radius 1 is 0.651 bits per heavy atom. The van der Waals surface area contributed by atoms with Gasteiger partial charge in [-0.1, -0.05) is 82.7 Å². The van der Waals surface area contributed by atoms with Gasteiger partial charge in [0.1, 0.15) is 0 Å². The van der Waals surface area contributed by atoms with Crippen molar-refractivity contribution in [3.63, 3.8) is 0 Å². The number of aromatic nitrogens is 2. The molecule has 0 aliphatic rings. The maximum atomic E-state index is 12.3. The van der Waals surface area contributed by atoms with Gasteiger partial charge in [-0.05, 0) is 60.7 Å². The summed E-state index contributed by atoms with van der Waals surface area (Å²) in [5.41, 5.74) is 4.26. The fourth-order valence-electron chi connectivity index (χ4n) is 5.10. The van der Waals surface area contributed by atoms with E-state index in [9.17, 15) is 19.2 Å². The lowest BCUT2D eigenvalue weighted by molar-refractivity contribution is 0.100. The van der Waals surface area contributed by atoms with Gasteiger partial charge in [-0.15, -0.1) is 0 Å². The average Bonchev–Trinajstić information content (AvgIpc) is 3.00. The molecule has 2 heterocycles. The van der Waals surface area contributed by atoms with E-state index in [0.29, 0.717) is 33.2 Å². The molecule has 0 saturated carbocycles. The fourth-order valence-corrected chi connectivity index (χ4v) is 5.46. The molecule has 0 aliphatic carbocycles. The maximum absolute atomic E-state index is 12.3. The molecule has 7 nitrogen and oxygen atoms in total. The molecule has 0 radical (unpaired) electrons. The van der Waals surface area contributed by atoms with Gasteiger partial charge in [0.25, 0.3) is 11.1 Å². The zero-order valence-electron chi connectivity index (χ0n) is 23.2. The standard InChI is InChI=1S/C18H12N2O2.C17H12BrNO2/c1-11(21)16-17(12-6-4-3-5-7-12)14-10-13(19-2)8-9-15(14)20-18(16)22;1-10(20)15-16(11-5-3-2-4-6-11)13-9-12(18)7-8-14(13)19-17(15)21/h3-10H,1H3,(H,20,22);2-9H,1H3,(H,19,21). The number of rotatable bonds is 4. The molecule has 0 atom stereocenters. The molecular weight excluding hydrogens is 606 g/mol. The van der Waals surface area contributed by atoms with Crippen molar-refractivity contribution in [2.75, 3.05) is 0 Å². The van der Waals surface area contributed by atoms with Crippen LogP contribution in [0.2, 0.25) is 0 Å². The number of nitrogens with one attached hydrogen (secondary N) is 2. The van der Waals surface area contributed by atoms with Crippen LogP contribution in [0.4, 0.5) is 5.69 Å². The summed E-state index contributed by atoms with van der Waals surface area (Å²) in [5, 5.41) is 1.55. The van der Waals surface area contributed by atoms with E-state index in [2.05, 4.69) is 30.7 Å². The van der Waals surface area contributed by atoms with E-state index in [1.807, 2.05) is 78.9 Å². The van der Waals surface area contributed by atoms with Crippen molar-refractivity contribution in [2.45, 2.75) is 13.8 Å². The number of benzene rings is 4. The Bertz CT molecular complexity index is 2200. The Morgan fingerprint density at radius 2 is 1.09 bits per heavy atom. The van der Waals surface area contributed by atoms with Crippen LogP contribution in [0, 0.1) is 6.57 Å². The molecule has 6 aromatic rings. The molecule has 2 aromatic heterocycles. The molecule has 8 heteroatoms. The lowest BCUT2D eigenvalue weighted by Crippen LogP contribution is -2.18. The number of carbonyl (C=O) groups excluding carboxylic acids is 2. The number of nitrogens with zero attached hydrogens (tertiary/aromatic N) is 1. The Hall–Kier alpha value is -5.39. The van der Waals surface area contributed by atoms with Crippen LogP contribution in [0.5, 0.6) is 0 Å². The normalized spacial score (nSPS) is 10.6. The van der Waals surface area contributed by atoms with E-state index in [1.165, 1.54) is 13.8 Å². The highest BCUT2D eigenvalue weighted by atomic mass is 79.9. The van der Waals surface area contributed by atoms with Crippen molar-refractivity contribution in [3.05, 3.63) is 145 Å². The summed E-state index contributed by atoms with van der Waals surface area (Å²) in [6, 6.07) is 29.4. The Morgan fingerprint density at radius 3 is 1.53 bits per heavy atom. The van der Waals surface area contributed by atoms with Gasteiger partial charge in [0.2, 0.25) is 0 Å². The van der Waals surface area contributed by atoms with Crippen molar-refractivity contribution in [3.8, 4) is 22.3 Å². The number of halogens is 1. The Labute approximate surface area is 254 Å². The van der Waals surface area contributed by atoms with Crippen LogP contribution in [0.3, 0.4) is 0 Å². The summed E-state index contributed by atoms with van der Waals surface area (Å²) < 4.78 is 0.897. The van der Waals surface area contributed by atoms with Crippen molar-refractivity contribution < 1.29 is 9.59 Å². The number of hydrogen-bond donors (Lipinski definition) is 2. The zero-order chi connectivity index (χ0) is 30.7. The molecule has 0 amide bonds. The third-order valence-electron chi connectivity index (χ3n) is 6.93. The van der Waals surface area contributed by atoms with Gasteiger partial charge < -0.3 is 9.97 Å². The van der Waals surface area contributed by atoms with E-state index in [0.717, 1.165) is 21.0 Å². The molecule has 0 spiro atoms. The highest BCUT2D eigenvalue weighted by Gasteiger charge is 2.19. The minimum absolute atomic E-state index is 0.126. The summed E-state index contributed by atoms with van der Waals surface area (Å²) in [6.07, 6.45) is 0. The van der Waals surface area contributed by atoms with Gasteiger partial charge >= 0.3 is 0 Å². The minimum Gasteiger partial charge on any atom is -0.321 e. The van der Waals surface area contributed by atoms with Gasteiger partial charge in [-0.2, -0.15) is 0 Å². The SMILES string of the molecule is CC(=O)c1c(-c2ccccc2)c2cc(Br)ccc2[nH]c1=O.[C-]#[N+]c1ccc2[nH]c(=O)c(C(C)=O)c(-c3ccccc3)c2c1. The number of aromatic amines is 2. The molecule has 0 unspecified atom stereocenters. The number of carbonyl (C=O) groups is 2. The summed E-state index contributed by atoms with van der Waals surface area (Å²) in [5.74, 6) is -0.535. The van der Waals surface area contributed by atoms with Crippen molar-refractivity contribution in [1.82, 2.24) is 9.97 Å². The second-order valence-corrected chi connectivity index (χ2v) is 10.7. The molecule has 210 valence electrons. The molecule has 2 N–H and O–H groups in total. The number of fused-ring (bicyclic) bond motifs is 2. The quantitative estimate of drug-likeness (QED) is 0.152. The predicted molar refractivity (Wildman–Crippen MR) is 174 cm³/mol. The molecule has 43 heavy (non-hydrogen) atoms. The molecule has 0 fully saturated rings. The van der Waals surface area contributed by atoms with Crippen molar-refractivity contribution in [2.24, 2.45) is 0 Å². The van der Waals surface area contributed by atoms with Gasteiger partial charge in [0, 0.05) is 32.0 Å². The summed E-state index contributed by atoms with van der Waals surface area (Å²) in [6.45, 7) is 9.95. The topological polar surface area (TPSA) is 104 Å². The third-order valence-corrected chi connectivity index (χ3v) is 7.43. The summed E-state index contributed by atoms with van der Waals surface area (Å²) in [7, 11) is 0. The predicted octanol–water partition coefficient (Wildman–Crippen LogP) is 8.11. The molecule has 0 aliphatic heterocycles. The number of H-pyrrole nitrogens is 2. The van der Waals surface area contributed by atoms with Crippen LogP contribution in [0.25, 0.3) is 48.9 Å². The molecular formula is C35H24BrN3O4. The van der Waals surface area contributed by atoms with Crippen molar-refractivity contribution in [1.29, 1.82) is 0 Å². The lowest BCUT2D eigenvalue weighted by Gasteiger charge is -2.11. The first-order chi connectivity index (χ1) is 20.7. The first-order valence-corrected chi connectivity index (χ1v) is 14.0. The Kier molecular flexibility index (Phi) is 8.28. The average molecular weight is 630 g/mol. The van der Waals surface area contributed by atoms with E-state index in [1.54, 1.807) is 18.2 Å². The van der Waals surface area contributed by atoms with Crippen molar-refractivity contribution >= 4 is 55.0 Å². The smallest absolute Gasteiger partial charge is 0.259 e. The van der Waals surface area contributed by atoms with E-state index >= 15 is 0 Å². The van der Waals surface area contributed by atoms with Crippen LogP contribution >= 0.6 is 15.9 Å². The number of pyridine rings is 2. The van der Waals surface area contributed by atoms with E-state index in [4.69, 9.17) is 6.57 Å². The van der Waals surface area contributed by atoms with E-state index < -0.39 is 5.56 Å². The van der Waals surface area contributed by atoms with Crippen LogP contribution < -0.4 is 11.1 Å². The van der Waals surface area contributed by atoms with Crippen LogP contribution in [-0.4, -0.2) is 21.5 Å². The molecule has 4 aromatic carbocycles. The van der Waals surface area contributed by atoms with Gasteiger partial charge in [0.05, 0.1) is 17.7 Å².